The van der Waals surface area contributed by atoms with Gasteiger partial charge < -0.3 is 29.7 Å². The molecule has 0 saturated carbocycles. The topological polar surface area (TPSA) is 106 Å². The number of esters is 1. The quantitative estimate of drug-likeness (QED) is 0.452. The van der Waals surface area contributed by atoms with Gasteiger partial charge >= 0.3 is 12.1 Å². The van der Waals surface area contributed by atoms with E-state index in [0.29, 0.717) is 32.7 Å². The normalized spacial score (nSPS) is 15.2. The van der Waals surface area contributed by atoms with Crippen molar-refractivity contribution in [3.05, 3.63) is 47.8 Å². The minimum absolute atomic E-state index is 0.00242. The molecule has 0 unspecified atom stereocenters. The molecule has 1 aromatic rings. The fraction of sp³-hybridized carbons (Fsp3) is 0.500. The standard InChI is InChI=1S/C22H31N3O6/c1-16(2)13-18(24-22(28)31-15-17-7-5-4-6-8-17)20(26)23-19(21(27)29-3)14-25-9-11-30-12-10-25/h4-8,14,16,18H,9-13,15H2,1-3H3,(H,23,26)(H,24,28)/b19-14+/t18-/m0/s1. The highest BCUT2D eigenvalue weighted by Crippen LogP contribution is 2.09. The van der Waals surface area contributed by atoms with Gasteiger partial charge in [-0.25, -0.2) is 9.59 Å². The highest BCUT2D eigenvalue weighted by molar-refractivity contribution is 5.96. The number of hydrogen-bond acceptors (Lipinski definition) is 7. The third-order valence-electron chi connectivity index (χ3n) is 4.55. The maximum Gasteiger partial charge on any atom is 0.408 e. The Hall–Kier alpha value is -3.07. The second-order valence-electron chi connectivity index (χ2n) is 7.56. The number of nitrogens with one attached hydrogen (secondary N) is 2. The van der Waals surface area contributed by atoms with E-state index in [1.807, 2.05) is 49.1 Å². The Morgan fingerprint density at radius 2 is 1.84 bits per heavy atom. The summed E-state index contributed by atoms with van der Waals surface area (Å²) in [5, 5.41) is 5.19. The minimum atomic E-state index is -0.874. The Kier molecular flexibility index (Phi) is 9.83. The number of benzene rings is 1. The van der Waals surface area contributed by atoms with Gasteiger partial charge in [0.1, 0.15) is 18.3 Å². The van der Waals surface area contributed by atoms with Crippen LogP contribution in [0.3, 0.4) is 0 Å². The molecule has 0 spiro atoms. The lowest BCUT2D eigenvalue weighted by Crippen LogP contribution is -2.48. The summed E-state index contributed by atoms with van der Waals surface area (Å²) in [6.07, 6.45) is 1.21. The predicted molar refractivity (Wildman–Crippen MR) is 114 cm³/mol. The van der Waals surface area contributed by atoms with Crippen molar-refractivity contribution in [3.8, 4) is 0 Å². The smallest absolute Gasteiger partial charge is 0.408 e. The molecule has 1 fully saturated rings. The number of morpholine rings is 1. The van der Waals surface area contributed by atoms with Crippen molar-refractivity contribution in [2.24, 2.45) is 5.92 Å². The van der Waals surface area contributed by atoms with E-state index < -0.39 is 24.0 Å². The third-order valence-corrected chi connectivity index (χ3v) is 4.55. The zero-order chi connectivity index (χ0) is 22.6. The second-order valence-corrected chi connectivity index (χ2v) is 7.56. The van der Waals surface area contributed by atoms with E-state index in [9.17, 15) is 14.4 Å². The number of rotatable bonds is 9. The first-order valence-corrected chi connectivity index (χ1v) is 10.3. The number of ether oxygens (including phenoxy) is 3. The Bertz CT molecular complexity index is 760. The molecule has 2 rings (SSSR count). The Balaban J connectivity index is 2.02. The summed E-state index contributed by atoms with van der Waals surface area (Å²) < 4.78 is 15.3. The van der Waals surface area contributed by atoms with Gasteiger partial charge in [-0.3, -0.25) is 4.79 Å². The molecule has 2 N–H and O–H groups in total. The number of alkyl carbamates (subject to hydrolysis) is 1. The van der Waals surface area contributed by atoms with Crippen LogP contribution in [0.5, 0.6) is 0 Å². The number of hydrogen-bond donors (Lipinski definition) is 2. The van der Waals surface area contributed by atoms with Crippen LogP contribution in [0.1, 0.15) is 25.8 Å². The minimum Gasteiger partial charge on any atom is -0.464 e. The van der Waals surface area contributed by atoms with Crippen LogP contribution in [0.4, 0.5) is 4.79 Å². The van der Waals surface area contributed by atoms with Gasteiger partial charge in [0.25, 0.3) is 0 Å². The Morgan fingerprint density at radius 1 is 1.16 bits per heavy atom. The number of carbonyl (C=O) groups excluding carboxylic acids is 3. The van der Waals surface area contributed by atoms with Crippen LogP contribution in [0.2, 0.25) is 0 Å². The van der Waals surface area contributed by atoms with Gasteiger partial charge in [-0.05, 0) is 17.9 Å². The average Bonchev–Trinajstić information content (AvgIpc) is 2.77. The molecule has 1 atom stereocenters. The van der Waals surface area contributed by atoms with Crippen molar-refractivity contribution in [2.75, 3.05) is 33.4 Å². The summed E-state index contributed by atoms with van der Waals surface area (Å²) in [5.41, 5.74) is 0.839. The first-order chi connectivity index (χ1) is 14.9. The molecule has 0 bridgehead atoms. The molecule has 1 saturated heterocycles. The van der Waals surface area contributed by atoms with Crippen molar-refractivity contribution < 1.29 is 28.6 Å². The monoisotopic (exact) mass is 433 g/mol. The van der Waals surface area contributed by atoms with E-state index in [1.54, 1.807) is 6.20 Å². The molecular formula is C22H31N3O6. The summed E-state index contributed by atoms with van der Waals surface area (Å²) in [7, 11) is 1.24. The average molecular weight is 434 g/mol. The summed E-state index contributed by atoms with van der Waals surface area (Å²) in [4.78, 5) is 39.2. The highest BCUT2D eigenvalue weighted by atomic mass is 16.5. The molecule has 170 valence electrons. The van der Waals surface area contributed by atoms with E-state index in [4.69, 9.17) is 14.2 Å². The van der Waals surface area contributed by atoms with Crippen molar-refractivity contribution in [2.45, 2.75) is 32.9 Å². The fourth-order valence-electron chi connectivity index (χ4n) is 2.96. The summed E-state index contributed by atoms with van der Waals surface area (Å²) >= 11 is 0. The zero-order valence-corrected chi connectivity index (χ0v) is 18.3. The van der Waals surface area contributed by atoms with Gasteiger partial charge in [-0.2, -0.15) is 0 Å². The van der Waals surface area contributed by atoms with Gasteiger partial charge in [0.2, 0.25) is 5.91 Å². The molecule has 31 heavy (non-hydrogen) atoms. The number of carbonyl (C=O) groups is 3. The second kappa shape index (κ2) is 12.6. The van der Waals surface area contributed by atoms with Crippen LogP contribution in [-0.2, 0) is 30.4 Å². The number of nitrogens with zero attached hydrogens (tertiary/aromatic N) is 1. The molecule has 1 aliphatic rings. The number of methoxy groups -OCH3 is 1. The molecule has 0 radical (unpaired) electrons. The van der Waals surface area contributed by atoms with E-state index >= 15 is 0 Å². The first-order valence-electron chi connectivity index (χ1n) is 10.3. The lowest BCUT2D eigenvalue weighted by atomic mass is 10.0. The van der Waals surface area contributed by atoms with Gasteiger partial charge in [0, 0.05) is 19.3 Å². The van der Waals surface area contributed by atoms with Crippen molar-refractivity contribution in [3.63, 3.8) is 0 Å². The SMILES string of the molecule is COC(=O)/C(=C\N1CCOCC1)NC(=O)[C@H](CC(C)C)NC(=O)OCc1ccccc1. The van der Waals surface area contributed by atoms with Crippen LogP contribution in [0.15, 0.2) is 42.2 Å². The van der Waals surface area contributed by atoms with E-state index in [0.717, 1.165) is 5.56 Å². The van der Waals surface area contributed by atoms with Crippen LogP contribution >= 0.6 is 0 Å². The lowest BCUT2D eigenvalue weighted by molar-refractivity contribution is -0.138. The number of amides is 2. The van der Waals surface area contributed by atoms with Crippen LogP contribution in [0, 0.1) is 5.92 Å². The molecule has 9 nitrogen and oxygen atoms in total. The Labute approximate surface area is 182 Å². The van der Waals surface area contributed by atoms with Gasteiger partial charge in [0.05, 0.1) is 20.3 Å². The molecule has 2 amide bonds. The summed E-state index contributed by atoms with van der Waals surface area (Å²) in [6.45, 7) is 6.20. The van der Waals surface area contributed by atoms with Crippen LogP contribution < -0.4 is 10.6 Å². The predicted octanol–water partition coefficient (Wildman–Crippen LogP) is 1.79. The maximum absolute atomic E-state index is 12.9. The van der Waals surface area contributed by atoms with Crippen molar-refractivity contribution in [1.29, 1.82) is 0 Å². The van der Waals surface area contributed by atoms with Gasteiger partial charge in [-0.15, -0.1) is 0 Å². The van der Waals surface area contributed by atoms with Crippen LogP contribution in [-0.4, -0.2) is 62.3 Å². The molecule has 0 aromatic heterocycles. The van der Waals surface area contributed by atoms with Gasteiger partial charge in [0.15, 0.2) is 0 Å². The maximum atomic E-state index is 12.9. The van der Waals surface area contributed by atoms with Crippen LogP contribution in [0.25, 0.3) is 0 Å². The lowest BCUT2D eigenvalue weighted by Gasteiger charge is -2.26. The highest BCUT2D eigenvalue weighted by Gasteiger charge is 2.26. The third kappa shape index (κ3) is 8.67. The molecule has 1 heterocycles. The zero-order valence-electron chi connectivity index (χ0n) is 18.3. The molecule has 1 aromatic carbocycles. The first kappa shape index (κ1) is 24.2. The molecule has 0 aliphatic carbocycles. The van der Waals surface area contributed by atoms with E-state index in [-0.39, 0.29) is 18.2 Å². The summed E-state index contributed by atoms with van der Waals surface area (Å²) in [6, 6.07) is 8.37. The van der Waals surface area contributed by atoms with Crippen molar-refractivity contribution in [1.82, 2.24) is 15.5 Å². The fourth-order valence-corrected chi connectivity index (χ4v) is 2.96. The largest absolute Gasteiger partial charge is 0.464 e. The molecule has 1 aliphatic heterocycles. The van der Waals surface area contributed by atoms with E-state index in [2.05, 4.69) is 10.6 Å². The van der Waals surface area contributed by atoms with E-state index in [1.165, 1.54) is 7.11 Å². The summed E-state index contributed by atoms with van der Waals surface area (Å²) in [5.74, 6) is -1.07. The van der Waals surface area contributed by atoms with Gasteiger partial charge in [-0.1, -0.05) is 44.2 Å². The Morgan fingerprint density at radius 3 is 2.45 bits per heavy atom. The molecule has 9 heteroatoms. The molecular weight excluding hydrogens is 402 g/mol. The van der Waals surface area contributed by atoms with Crippen molar-refractivity contribution >= 4 is 18.0 Å².